The molecule has 9 heteroatoms. The number of Topliss-reactive ketones (excluding diaryl/α,β-unsaturated/α-hetero) is 1. The fourth-order valence-corrected chi connectivity index (χ4v) is 4.20. The van der Waals surface area contributed by atoms with Crippen LogP contribution in [-0.4, -0.2) is 61.0 Å². The van der Waals surface area contributed by atoms with Crippen molar-refractivity contribution in [1.29, 1.82) is 0 Å². The van der Waals surface area contributed by atoms with E-state index in [1.807, 2.05) is 6.07 Å². The van der Waals surface area contributed by atoms with Gasteiger partial charge in [-0.3, -0.25) is 14.4 Å². The van der Waals surface area contributed by atoms with Crippen LogP contribution in [0, 0.1) is 23.2 Å². The Morgan fingerprint density at radius 2 is 1.70 bits per heavy atom. The van der Waals surface area contributed by atoms with E-state index in [0.29, 0.717) is 5.56 Å². The molecular weight excluding hydrogens is 480 g/mol. The maximum absolute atomic E-state index is 13.1. The van der Waals surface area contributed by atoms with E-state index >= 15 is 0 Å². The van der Waals surface area contributed by atoms with Crippen molar-refractivity contribution < 1.29 is 42.9 Å². The molecule has 1 aliphatic heterocycles. The van der Waals surface area contributed by atoms with Gasteiger partial charge in [-0.1, -0.05) is 42.2 Å². The van der Waals surface area contributed by atoms with Crippen LogP contribution in [0.2, 0.25) is 0 Å². The molecule has 2 unspecified atom stereocenters. The topological polar surface area (TPSA) is 114 Å². The molecule has 1 heterocycles. The van der Waals surface area contributed by atoms with Crippen LogP contribution in [0.1, 0.15) is 53.0 Å². The van der Waals surface area contributed by atoms with Crippen molar-refractivity contribution in [2.75, 3.05) is 13.2 Å². The first kappa shape index (κ1) is 28.4. The highest BCUT2D eigenvalue weighted by atomic mass is 16.7. The first-order valence-corrected chi connectivity index (χ1v) is 12.4. The molecule has 1 aliphatic carbocycles. The van der Waals surface area contributed by atoms with E-state index in [-0.39, 0.29) is 25.6 Å². The number of esters is 3. The van der Waals surface area contributed by atoms with Crippen LogP contribution in [0.5, 0.6) is 0 Å². The van der Waals surface area contributed by atoms with Gasteiger partial charge < -0.3 is 23.7 Å². The van der Waals surface area contributed by atoms with E-state index < -0.39 is 53.2 Å². The molecule has 1 aromatic carbocycles. The van der Waals surface area contributed by atoms with E-state index in [2.05, 4.69) is 11.8 Å². The Morgan fingerprint density at radius 3 is 2.24 bits per heavy atom. The van der Waals surface area contributed by atoms with Gasteiger partial charge in [0.15, 0.2) is 11.9 Å². The molecule has 1 aromatic rings. The molecule has 0 spiro atoms. The number of ketones is 1. The number of carbonyl (C=O) groups excluding carboxylic acids is 4. The summed E-state index contributed by atoms with van der Waals surface area (Å²) in [6.45, 7) is 6.87. The Balaban J connectivity index is 1.97. The lowest BCUT2D eigenvalue weighted by atomic mass is 9.80. The minimum atomic E-state index is -1.94. The highest BCUT2D eigenvalue weighted by Crippen LogP contribution is 2.43. The van der Waals surface area contributed by atoms with Crippen molar-refractivity contribution in [3.05, 3.63) is 35.9 Å². The number of carbonyl (C=O) groups is 4. The zero-order chi connectivity index (χ0) is 27.2. The third-order valence-electron chi connectivity index (χ3n) is 6.45. The second kappa shape index (κ2) is 11.9. The van der Waals surface area contributed by atoms with Crippen molar-refractivity contribution in [2.45, 2.75) is 78.0 Å². The van der Waals surface area contributed by atoms with E-state index in [9.17, 15) is 19.2 Å². The molecule has 0 bridgehead atoms. The highest BCUT2D eigenvalue weighted by Gasteiger charge is 2.58. The Hall–Kier alpha value is -3.22. The fourth-order valence-electron chi connectivity index (χ4n) is 4.20. The van der Waals surface area contributed by atoms with Gasteiger partial charge in [0.25, 0.3) is 0 Å². The largest absolute Gasteiger partial charge is 0.463 e. The molecule has 37 heavy (non-hydrogen) atoms. The summed E-state index contributed by atoms with van der Waals surface area (Å²) in [7, 11) is 0. The lowest BCUT2D eigenvalue weighted by Crippen LogP contribution is -2.53. The molecule has 2 fully saturated rings. The molecule has 0 radical (unpaired) electrons. The van der Waals surface area contributed by atoms with E-state index in [1.165, 1.54) is 20.8 Å². The molecule has 9 nitrogen and oxygen atoms in total. The van der Waals surface area contributed by atoms with Crippen LogP contribution < -0.4 is 0 Å². The third-order valence-corrected chi connectivity index (χ3v) is 6.45. The smallest absolute Gasteiger partial charge is 0.346 e. The second-order valence-corrected chi connectivity index (χ2v) is 9.54. The summed E-state index contributed by atoms with van der Waals surface area (Å²) in [6, 6.07) is 8.98. The van der Waals surface area contributed by atoms with E-state index in [0.717, 1.165) is 12.8 Å². The summed E-state index contributed by atoms with van der Waals surface area (Å²) in [6.07, 6.45) is -1.32. The molecule has 0 amide bonds. The molecule has 0 aromatic heterocycles. The Bertz CT molecular complexity index is 1070. The fraction of sp³-hybridized carbons (Fsp3) is 0.571. The summed E-state index contributed by atoms with van der Waals surface area (Å²) >= 11 is 0. The number of benzene rings is 1. The number of ether oxygens (including phenoxy) is 5. The quantitative estimate of drug-likeness (QED) is 0.201. The molecule has 0 N–H and O–H groups in total. The first-order valence-electron chi connectivity index (χ1n) is 12.4. The summed E-state index contributed by atoms with van der Waals surface area (Å²) < 4.78 is 28.2. The Morgan fingerprint density at radius 1 is 1.05 bits per heavy atom. The standard InChI is InChI=1S/C28H34O9/c1-6-33-26(32)28(18(2)29,16-22-10-8-7-9-11-22)34-17-23-27(5,15-14-21-12-13-21)24(35-19(3)30)25(37-23)36-20(4)31/h7-11,21,23-25H,6,12-13,16-17H2,1-5H3/t23-,24+,25?,27+,28?/m1/s1. The molecular formula is C28H34O9. The molecule has 200 valence electrons. The van der Waals surface area contributed by atoms with Gasteiger partial charge in [0.05, 0.1) is 13.2 Å². The minimum Gasteiger partial charge on any atom is -0.463 e. The summed E-state index contributed by atoms with van der Waals surface area (Å²) in [5, 5.41) is 0. The molecule has 1 saturated heterocycles. The average Bonchev–Trinajstić information content (AvgIpc) is 3.63. The predicted octanol–water partition coefficient (Wildman–Crippen LogP) is 2.78. The minimum absolute atomic E-state index is 0.0551. The number of rotatable bonds is 10. The van der Waals surface area contributed by atoms with Crippen molar-refractivity contribution in [3.63, 3.8) is 0 Å². The second-order valence-electron chi connectivity index (χ2n) is 9.54. The maximum Gasteiger partial charge on any atom is 0.346 e. The molecule has 3 rings (SSSR count). The molecule has 2 aliphatic rings. The van der Waals surface area contributed by atoms with E-state index in [4.69, 9.17) is 23.7 Å². The van der Waals surface area contributed by atoms with Crippen molar-refractivity contribution >= 4 is 23.7 Å². The lowest BCUT2D eigenvalue weighted by molar-refractivity contribution is -0.201. The first-order chi connectivity index (χ1) is 17.5. The van der Waals surface area contributed by atoms with Crippen LogP contribution in [0.25, 0.3) is 0 Å². The Labute approximate surface area is 217 Å². The SMILES string of the molecule is CCOC(=O)C(Cc1ccccc1)(OC[C@H]1OC(OC(C)=O)[C@H](OC(C)=O)[C@@]1(C)C#CC1CC1)C(C)=O. The van der Waals surface area contributed by atoms with Gasteiger partial charge in [0.1, 0.15) is 11.5 Å². The van der Waals surface area contributed by atoms with Gasteiger partial charge in [-0.15, -0.1) is 0 Å². The maximum atomic E-state index is 13.1. The van der Waals surface area contributed by atoms with E-state index in [1.54, 1.807) is 38.1 Å². The monoisotopic (exact) mass is 514 g/mol. The van der Waals surface area contributed by atoms with Crippen molar-refractivity contribution in [3.8, 4) is 11.8 Å². The average molecular weight is 515 g/mol. The third kappa shape index (κ3) is 6.76. The van der Waals surface area contributed by atoms with Crippen LogP contribution >= 0.6 is 0 Å². The lowest BCUT2D eigenvalue weighted by Gasteiger charge is -2.33. The zero-order valence-electron chi connectivity index (χ0n) is 21.9. The van der Waals surface area contributed by atoms with Crippen LogP contribution in [0.4, 0.5) is 0 Å². The van der Waals surface area contributed by atoms with Crippen LogP contribution in [0.3, 0.4) is 0 Å². The van der Waals surface area contributed by atoms with Gasteiger partial charge >= 0.3 is 17.9 Å². The van der Waals surface area contributed by atoms with Crippen molar-refractivity contribution in [1.82, 2.24) is 0 Å². The number of hydrogen-bond acceptors (Lipinski definition) is 9. The molecule has 5 atom stereocenters. The summed E-state index contributed by atoms with van der Waals surface area (Å²) in [4.78, 5) is 49.8. The van der Waals surface area contributed by atoms with Gasteiger partial charge in [-0.2, -0.15) is 0 Å². The van der Waals surface area contributed by atoms with Gasteiger partial charge in [-0.25, -0.2) is 4.79 Å². The van der Waals surface area contributed by atoms with Crippen molar-refractivity contribution in [2.24, 2.45) is 11.3 Å². The van der Waals surface area contributed by atoms with Gasteiger partial charge in [-0.05, 0) is 39.2 Å². The number of hydrogen-bond donors (Lipinski definition) is 0. The van der Waals surface area contributed by atoms with Gasteiger partial charge in [0, 0.05) is 26.2 Å². The predicted molar refractivity (Wildman–Crippen MR) is 131 cm³/mol. The molecule has 1 saturated carbocycles. The highest BCUT2D eigenvalue weighted by molar-refractivity contribution is 6.06. The van der Waals surface area contributed by atoms with Crippen LogP contribution in [-0.2, 0) is 49.3 Å². The summed E-state index contributed by atoms with van der Waals surface area (Å²) in [5.41, 5.74) is -2.40. The zero-order valence-corrected chi connectivity index (χ0v) is 21.9. The Kier molecular flexibility index (Phi) is 9.11. The normalized spacial score (nSPS) is 26.2. The summed E-state index contributed by atoms with van der Waals surface area (Å²) in [5.74, 6) is 3.99. The van der Waals surface area contributed by atoms with Crippen LogP contribution in [0.15, 0.2) is 30.3 Å². The van der Waals surface area contributed by atoms with Gasteiger partial charge in [0.2, 0.25) is 11.9 Å².